The van der Waals surface area contributed by atoms with Gasteiger partial charge in [-0.1, -0.05) is 6.07 Å². The molecule has 0 unspecified atom stereocenters. The van der Waals surface area contributed by atoms with E-state index in [0.717, 1.165) is 9.64 Å². The Kier molecular flexibility index (Phi) is 4.43. The van der Waals surface area contributed by atoms with E-state index >= 15 is 0 Å². The zero-order valence-electron chi connectivity index (χ0n) is 10.5. The molecule has 2 aromatic rings. The molecule has 6 heteroatoms. The predicted octanol–water partition coefficient (Wildman–Crippen LogP) is 3.59. The van der Waals surface area contributed by atoms with Crippen LogP contribution in [0.2, 0.25) is 0 Å². The van der Waals surface area contributed by atoms with Gasteiger partial charge in [0.15, 0.2) is 11.6 Å². The number of halogens is 2. The zero-order valence-corrected chi connectivity index (χ0v) is 12.7. The highest BCUT2D eigenvalue weighted by atomic mass is 127. The monoisotopic (exact) mass is 387 g/mol. The number of anilines is 1. The highest BCUT2D eigenvalue weighted by Gasteiger charge is 2.16. The third kappa shape index (κ3) is 3.19. The number of carbonyl (C=O) groups is 1. The van der Waals surface area contributed by atoms with Crippen LogP contribution in [0.1, 0.15) is 10.4 Å². The van der Waals surface area contributed by atoms with Crippen molar-refractivity contribution >= 4 is 34.2 Å². The lowest BCUT2D eigenvalue weighted by atomic mass is 10.1. The SMILES string of the molecule is COC(=O)c1cc(Oc2cccc(I)c2)c(F)cc1N. The lowest BCUT2D eigenvalue weighted by Crippen LogP contribution is -2.06. The Hall–Kier alpha value is -1.83. The lowest BCUT2D eigenvalue weighted by Gasteiger charge is -2.10. The number of esters is 1. The molecule has 0 fully saturated rings. The molecular formula is C14H11FINO3. The largest absolute Gasteiger partial charge is 0.465 e. The Morgan fingerprint density at radius 3 is 2.70 bits per heavy atom. The average molecular weight is 387 g/mol. The molecule has 0 aromatic heterocycles. The van der Waals surface area contributed by atoms with E-state index in [1.54, 1.807) is 18.2 Å². The summed E-state index contributed by atoms with van der Waals surface area (Å²) in [6.45, 7) is 0. The van der Waals surface area contributed by atoms with Gasteiger partial charge in [0, 0.05) is 21.4 Å². The number of nitrogens with two attached hydrogens (primary N) is 1. The molecule has 0 heterocycles. The van der Waals surface area contributed by atoms with E-state index in [2.05, 4.69) is 27.3 Å². The van der Waals surface area contributed by atoms with Crippen molar-refractivity contribution in [1.29, 1.82) is 0 Å². The van der Waals surface area contributed by atoms with Crippen molar-refractivity contribution in [3.05, 3.63) is 51.3 Å². The minimum Gasteiger partial charge on any atom is -0.465 e. The molecule has 2 N–H and O–H groups in total. The lowest BCUT2D eigenvalue weighted by molar-refractivity contribution is 0.0601. The fraction of sp³-hybridized carbons (Fsp3) is 0.0714. The summed E-state index contributed by atoms with van der Waals surface area (Å²) < 4.78 is 24.8. The van der Waals surface area contributed by atoms with Crippen LogP contribution in [0.5, 0.6) is 11.5 Å². The second-order valence-electron chi connectivity index (χ2n) is 3.92. The first-order valence-electron chi connectivity index (χ1n) is 5.62. The number of hydrogen-bond acceptors (Lipinski definition) is 4. The topological polar surface area (TPSA) is 61.5 Å². The maximum atomic E-state index is 13.8. The Balaban J connectivity index is 2.39. The quantitative estimate of drug-likeness (QED) is 0.497. The van der Waals surface area contributed by atoms with Crippen LogP contribution in [0.3, 0.4) is 0 Å². The van der Waals surface area contributed by atoms with Crippen LogP contribution in [-0.4, -0.2) is 13.1 Å². The molecule has 0 aliphatic rings. The fourth-order valence-electron chi connectivity index (χ4n) is 1.59. The van der Waals surface area contributed by atoms with Crippen LogP contribution in [0.4, 0.5) is 10.1 Å². The van der Waals surface area contributed by atoms with Crippen molar-refractivity contribution in [3.63, 3.8) is 0 Å². The second-order valence-corrected chi connectivity index (χ2v) is 5.17. The number of carbonyl (C=O) groups excluding carboxylic acids is 1. The molecule has 20 heavy (non-hydrogen) atoms. The smallest absolute Gasteiger partial charge is 0.340 e. The van der Waals surface area contributed by atoms with Gasteiger partial charge in [0.1, 0.15) is 5.75 Å². The molecular weight excluding hydrogens is 376 g/mol. The van der Waals surface area contributed by atoms with Crippen molar-refractivity contribution in [2.45, 2.75) is 0 Å². The summed E-state index contributed by atoms with van der Waals surface area (Å²) in [4.78, 5) is 11.5. The van der Waals surface area contributed by atoms with E-state index in [0.29, 0.717) is 5.75 Å². The van der Waals surface area contributed by atoms with E-state index in [-0.39, 0.29) is 17.0 Å². The molecule has 0 bridgehead atoms. The Morgan fingerprint density at radius 1 is 1.30 bits per heavy atom. The van der Waals surface area contributed by atoms with E-state index in [1.807, 2.05) is 6.07 Å². The normalized spacial score (nSPS) is 10.2. The van der Waals surface area contributed by atoms with Gasteiger partial charge >= 0.3 is 5.97 Å². The molecule has 2 rings (SSSR count). The molecule has 0 amide bonds. The number of methoxy groups -OCH3 is 1. The van der Waals surface area contributed by atoms with Crippen molar-refractivity contribution in [2.24, 2.45) is 0 Å². The maximum Gasteiger partial charge on any atom is 0.340 e. The summed E-state index contributed by atoms with van der Waals surface area (Å²) in [6.07, 6.45) is 0. The van der Waals surface area contributed by atoms with E-state index in [4.69, 9.17) is 10.5 Å². The Labute approximate surface area is 128 Å². The second kappa shape index (κ2) is 6.08. The molecule has 0 saturated carbocycles. The first kappa shape index (κ1) is 14.6. The number of rotatable bonds is 3. The van der Waals surface area contributed by atoms with Crippen molar-refractivity contribution in [1.82, 2.24) is 0 Å². The van der Waals surface area contributed by atoms with Gasteiger partial charge in [-0.2, -0.15) is 0 Å². The molecule has 0 spiro atoms. The van der Waals surface area contributed by atoms with Crippen molar-refractivity contribution < 1.29 is 18.7 Å². The predicted molar refractivity (Wildman–Crippen MR) is 81.4 cm³/mol. The summed E-state index contributed by atoms with van der Waals surface area (Å²) in [7, 11) is 1.23. The van der Waals surface area contributed by atoms with Crippen LogP contribution in [-0.2, 0) is 4.74 Å². The highest BCUT2D eigenvalue weighted by molar-refractivity contribution is 14.1. The van der Waals surface area contributed by atoms with E-state index in [1.165, 1.54) is 13.2 Å². The summed E-state index contributed by atoms with van der Waals surface area (Å²) in [5, 5.41) is 0. The van der Waals surface area contributed by atoms with Crippen LogP contribution in [0.25, 0.3) is 0 Å². The van der Waals surface area contributed by atoms with Crippen LogP contribution >= 0.6 is 22.6 Å². The Bertz CT molecular complexity index is 661. The summed E-state index contributed by atoms with van der Waals surface area (Å²) in [5.41, 5.74) is 5.66. The minimum atomic E-state index is -0.644. The third-order valence-electron chi connectivity index (χ3n) is 2.53. The van der Waals surface area contributed by atoms with Gasteiger partial charge < -0.3 is 15.2 Å². The molecule has 0 radical (unpaired) electrons. The number of hydrogen-bond donors (Lipinski definition) is 1. The van der Waals surface area contributed by atoms with Gasteiger partial charge in [-0.25, -0.2) is 9.18 Å². The van der Waals surface area contributed by atoms with Crippen molar-refractivity contribution in [2.75, 3.05) is 12.8 Å². The Morgan fingerprint density at radius 2 is 2.05 bits per heavy atom. The van der Waals surface area contributed by atoms with Gasteiger partial charge in [-0.15, -0.1) is 0 Å². The molecule has 4 nitrogen and oxygen atoms in total. The fourth-order valence-corrected chi connectivity index (χ4v) is 2.11. The average Bonchev–Trinajstić information content (AvgIpc) is 2.41. The number of benzene rings is 2. The third-order valence-corrected chi connectivity index (χ3v) is 3.20. The van der Waals surface area contributed by atoms with Crippen LogP contribution in [0.15, 0.2) is 36.4 Å². The number of ether oxygens (including phenoxy) is 2. The summed E-state index contributed by atoms with van der Waals surface area (Å²) >= 11 is 2.12. The molecule has 2 aromatic carbocycles. The van der Waals surface area contributed by atoms with Crippen molar-refractivity contribution in [3.8, 4) is 11.5 Å². The van der Waals surface area contributed by atoms with Gasteiger partial charge in [0.05, 0.1) is 12.7 Å². The molecule has 0 aliphatic carbocycles. The van der Waals surface area contributed by atoms with Gasteiger partial charge in [0.2, 0.25) is 0 Å². The van der Waals surface area contributed by atoms with E-state index in [9.17, 15) is 9.18 Å². The van der Waals surface area contributed by atoms with E-state index < -0.39 is 11.8 Å². The van der Waals surface area contributed by atoms with Gasteiger partial charge in [-0.05, 0) is 40.8 Å². The molecule has 104 valence electrons. The highest BCUT2D eigenvalue weighted by Crippen LogP contribution is 2.29. The summed E-state index contributed by atoms with van der Waals surface area (Å²) in [5.74, 6) is -0.901. The molecule has 0 saturated heterocycles. The van der Waals surface area contributed by atoms with Crippen LogP contribution in [0, 0.1) is 9.39 Å². The van der Waals surface area contributed by atoms with Gasteiger partial charge in [0.25, 0.3) is 0 Å². The molecule has 0 atom stereocenters. The molecule has 0 aliphatic heterocycles. The zero-order chi connectivity index (χ0) is 14.7. The first-order chi connectivity index (χ1) is 9.51. The minimum absolute atomic E-state index is 0.00402. The summed E-state index contributed by atoms with van der Waals surface area (Å²) in [6, 6.07) is 9.37. The maximum absolute atomic E-state index is 13.8. The number of nitrogen functional groups attached to an aromatic ring is 1. The standard InChI is InChI=1S/C14H11FINO3/c1-19-14(18)10-6-13(11(15)7-12(10)17)20-9-4-2-3-8(16)5-9/h2-7H,17H2,1H3. The van der Waals surface area contributed by atoms with Gasteiger partial charge in [-0.3, -0.25) is 0 Å². The van der Waals surface area contributed by atoms with Crippen LogP contribution < -0.4 is 10.5 Å². The first-order valence-corrected chi connectivity index (χ1v) is 6.70.